The number of benzene rings is 2. The number of para-hydroxylation sites is 1. The number of hydrogen-bond donors (Lipinski definition) is 0. The highest BCUT2D eigenvalue weighted by atomic mass is 35.5. The zero-order chi connectivity index (χ0) is 21.3. The van der Waals surface area contributed by atoms with Gasteiger partial charge < -0.3 is 9.15 Å². The predicted molar refractivity (Wildman–Crippen MR) is 112 cm³/mol. The summed E-state index contributed by atoms with van der Waals surface area (Å²) in [5.41, 5.74) is 1.19. The highest BCUT2D eigenvalue weighted by Gasteiger charge is 2.19. The average molecular weight is 445 g/mol. The second-order valence-corrected chi connectivity index (χ2v) is 7.56. The topological polar surface area (TPSA) is 74.3 Å². The van der Waals surface area contributed by atoms with Crippen molar-refractivity contribution in [3.05, 3.63) is 87.3 Å². The number of methoxy groups -OCH3 is 1. The fourth-order valence-electron chi connectivity index (χ4n) is 2.92. The molecule has 0 aliphatic rings. The number of fused-ring (bicyclic) bond motifs is 1. The third kappa shape index (κ3) is 3.71. The van der Waals surface area contributed by atoms with Crippen molar-refractivity contribution in [3.63, 3.8) is 0 Å². The van der Waals surface area contributed by atoms with E-state index in [4.69, 9.17) is 20.8 Å². The SMILES string of the molecule is COC(=O)c1occc1CSc1nc2ccccc2c(=O)n1-c1ccc(F)c(Cl)c1. The minimum absolute atomic E-state index is 0.0875. The smallest absolute Gasteiger partial charge is 0.374 e. The van der Waals surface area contributed by atoms with Crippen LogP contribution in [0, 0.1) is 5.82 Å². The largest absolute Gasteiger partial charge is 0.463 e. The van der Waals surface area contributed by atoms with E-state index in [0.717, 1.165) is 0 Å². The number of esters is 1. The number of furan rings is 1. The minimum Gasteiger partial charge on any atom is -0.463 e. The second-order valence-electron chi connectivity index (χ2n) is 6.21. The first-order valence-electron chi connectivity index (χ1n) is 8.74. The van der Waals surface area contributed by atoms with E-state index < -0.39 is 11.8 Å². The van der Waals surface area contributed by atoms with Crippen LogP contribution in [0.3, 0.4) is 0 Å². The number of nitrogens with zero attached hydrogens (tertiary/aromatic N) is 2. The maximum atomic E-state index is 13.7. The lowest BCUT2D eigenvalue weighted by Crippen LogP contribution is -2.21. The van der Waals surface area contributed by atoms with E-state index in [1.165, 1.54) is 47.9 Å². The summed E-state index contributed by atoms with van der Waals surface area (Å²) < 4.78 is 25.0. The summed E-state index contributed by atoms with van der Waals surface area (Å²) in [5, 5.41) is 0.672. The van der Waals surface area contributed by atoms with E-state index in [9.17, 15) is 14.0 Å². The normalized spacial score (nSPS) is 11.0. The van der Waals surface area contributed by atoms with Gasteiger partial charge in [-0.3, -0.25) is 9.36 Å². The molecule has 0 spiro atoms. The van der Waals surface area contributed by atoms with Gasteiger partial charge in [0, 0.05) is 11.3 Å². The predicted octanol–water partition coefficient (Wildman–Crippen LogP) is 4.85. The van der Waals surface area contributed by atoms with Gasteiger partial charge in [0.2, 0.25) is 5.76 Å². The van der Waals surface area contributed by atoms with Crippen molar-refractivity contribution in [2.75, 3.05) is 7.11 Å². The van der Waals surface area contributed by atoms with Gasteiger partial charge in [0.1, 0.15) is 5.82 Å². The molecular weight excluding hydrogens is 431 g/mol. The van der Waals surface area contributed by atoms with Gasteiger partial charge in [0.05, 0.1) is 35.0 Å². The molecule has 4 aromatic rings. The first-order chi connectivity index (χ1) is 14.5. The molecule has 30 heavy (non-hydrogen) atoms. The zero-order valence-corrected chi connectivity index (χ0v) is 17.2. The highest BCUT2D eigenvalue weighted by Crippen LogP contribution is 2.28. The number of hydrogen-bond acceptors (Lipinski definition) is 6. The van der Waals surface area contributed by atoms with Crippen molar-refractivity contribution >= 4 is 40.2 Å². The lowest BCUT2D eigenvalue weighted by atomic mass is 10.2. The summed E-state index contributed by atoms with van der Waals surface area (Å²) in [4.78, 5) is 29.7. The summed E-state index contributed by atoms with van der Waals surface area (Å²) in [5.74, 6) is -0.799. The average Bonchev–Trinajstić information content (AvgIpc) is 3.22. The van der Waals surface area contributed by atoms with Gasteiger partial charge in [-0.25, -0.2) is 14.2 Å². The number of halogens is 2. The Hall–Kier alpha value is -3.10. The number of carbonyl (C=O) groups is 1. The molecule has 0 saturated carbocycles. The van der Waals surface area contributed by atoms with E-state index in [0.29, 0.717) is 33.1 Å². The summed E-state index contributed by atoms with van der Waals surface area (Å²) in [6.45, 7) is 0. The van der Waals surface area contributed by atoms with E-state index >= 15 is 0 Å². The van der Waals surface area contributed by atoms with Crippen LogP contribution in [0.2, 0.25) is 5.02 Å². The Kier molecular flexibility index (Phi) is 5.61. The lowest BCUT2D eigenvalue weighted by Gasteiger charge is -2.13. The Bertz CT molecular complexity index is 1320. The molecule has 0 bridgehead atoms. The minimum atomic E-state index is -0.593. The molecule has 4 rings (SSSR count). The molecule has 0 fully saturated rings. The second kappa shape index (κ2) is 8.33. The zero-order valence-electron chi connectivity index (χ0n) is 15.6. The van der Waals surface area contributed by atoms with Crippen LogP contribution in [0.5, 0.6) is 0 Å². The third-order valence-corrected chi connectivity index (χ3v) is 5.66. The van der Waals surface area contributed by atoms with Gasteiger partial charge in [0.15, 0.2) is 5.16 Å². The highest BCUT2D eigenvalue weighted by molar-refractivity contribution is 7.98. The molecular formula is C21H14ClFN2O4S. The molecule has 2 heterocycles. The van der Waals surface area contributed by atoms with Crippen LogP contribution in [0.4, 0.5) is 4.39 Å². The molecule has 2 aromatic heterocycles. The van der Waals surface area contributed by atoms with E-state index in [2.05, 4.69) is 4.98 Å². The van der Waals surface area contributed by atoms with Crippen LogP contribution >= 0.6 is 23.4 Å². The summed E-state index contributed by atoms with van der Waals surface area (Å²) in [6.07, 6.45) is 1.39. The fourth-order valence-corrected chi connectivity index (χ4v) is 4.09. The Balaban J connectivity index is 1.82. The van der Waals surface area contributed by atoms with Crippen LogP contribution < -0.4 is 5.56 Å². The van der Waals surface area contributed by atoms with Crippen LogP contribution in [-0.2, 0) is 10.5 Å². The number of rotatable bonds is 5. The number of carbonyl (C=O) groups excluding carboxylic acids is 1. The molecule has 2 aromatic carbocycles. The maximum Gasteiger partial charge on any atom is 0.374 e. The number of aromatic nitrogens is 2. The third-order valence-electron chi connectivity index (χ3n) is 4.38. The van der Waals surface area contributed by atoms with Crippen molar-refractivity contribution in [2.24, 2.45) is 0 Å². The van der Waals surface area contributed by atoms with Crippen LogP contribution in [0.1, 0.15) is 16.1 Å². The van der Waals surface area contributed by atoms with Gasteiger partial charge in [-0.15, -0.1) is 0 Å². The first-order valence-corrected chi connectivity index (χ1v) is 10.1. The number of ether oxygens (including phenoxy) is 1. The molecule has 0 unspecified atom stereocenters. The molecule has 9 heteroatoms. The monoisotopic (exact) mass is 444 g/mol. The van der Waals surface area contributed by atoms with Crippen LogP contribution in [0.25, 0.3) is 16.6 Å². The Morgan fingerprint density at radius 2 is 2.07 bits per heavy atom. The summed E-state index contributed by atoms with van der Waals surface area (Å²) in [7, 11) is 1.27. The van der Waals surface area contributed by atoms with Gasteiger partial charge in [0.25, 0.3) is 5.56 Å². The molecule has 152 valence electrons. The van der Waals surface area contributed by atoms with Crippen LogP contribution in [-0.4, -0.2) is 22.6 Å². The molecule has 0 atom stereocenters. The van der Waals surface area contributed by atoms with Crippen molar-refractivity contribution < 1.29 is 18.3 Å². The molecule has 6 nitrogen and oxygen atoms in total. The van der Waals surface area contributed by atoms with Crippen molar-refractivity contribution in [1.29, 1.82) is 0 Å². The molecule has 0 N–H and O–H groups in total. The van der Waals surface area contributed by atoms with E-state index in [-0.39, 0.29) is 16.3 Å². The summed E-state index contributed by atoms with van der Waals surface area (Å²) in [6, 6.07) is 12.6. The Morgan fingerprint density at radius 3 is 2.83 bits per heavy atom. The molecule has 0 saturated heterocycles. The number of thioether (sulfide) groups is 1. The van der Waals surface area contributed by atoms with Gasteiger partial charge in [-0.05, 0) is 36.4 Å². The lowest BCUT2D eigenvalue weighted by molar-refractivity contribution is 0.0564. The van der Waals surface area contributed by atoms with Gasteiger partial charge in [-0.1, -0.05) is 35.5 Å². The fraction of sp³-hybridized carbons (Fsp3) is 0.0952. The molecule has 0 aliphatic heterocycles. The van der Waals surface area contributed by atoms with E-state index in [1.807, 2.05) is 0 Å². The van der Waals surface area contributed by atoms with Gasteiger partial charge in [-0.2, -0.15) is 0 Å². The van der Waals surface area contributed by atoms with E-state index in [1.54, 1.807) is 30.3 Å². The molecule has 0 aliphatic carbocycles. The molecule has 0 radical (unpaired) electrons. The molecule has 0 amide bonds. The van der Waals surface area contributed by atoms with Crippen molar-refractivity contribution in [1.82, 2.24) is 9.55 Å². The van der Waals surface area contributed by atoms with Crippen molar-refractivity contribution in [2.45, 2.75) is 10.9 Å². The Morgan fingerprint density at radius 1 is 1.27 bits per heavy atom. The van der Waals surface area contributed by atoms with Gasteiger partial charge >= 0.3 is 5.97 Å². The van der Waals surface area contributed by atoms with Crippen molar-refractivity contribution in [3.8, 4) is 5.69 Å². The van der Waals surface area contributed by atoms with Crippen LogP contribution in [0.15, 0.2) is 69.2 Å². The maximum absolute atomic E-state index is 13.7. The Labute approximate surface area is 179 Å². The quantitative estimate of drug-likeness (QED) is 0.249. The summed E-state index contributed by atoms with van der Waals surface area (Å²) >= 11 is 7.16. The first kappa shape index (κ1) is 20.2. The standard InChI is InChI=1S/C21H14ClFN2O4S/c1-28-20(27)18-12(8-9-29-18)11-30-21-24-17-5-3-2-4-14(17)19(26)25(21)13-6-7-16(23)15(22)10-13/h2-10H,11H2,1H3.